The number of rotatable bonds is 4. The summed E-state index contributed by atoms with van der Waals surface area (Å²) in [6.45, 7) is 3.39. The largest absolute Gasteiger partial charge is 0.493 e. The molecule has 5 heteroatoms. The number of halogens is 1. The van der Waals surface area contributed by atoms with Crippen LogP contribution in [0, 0.1) is 5.92 Å². The molecule has 1 fully saturated rings. The minimum Gasteiger partial charge on any atom is -0.493 e. The molecule has 2 aliphatic rings. The Morgan fingerprint density at radius 3 is 2.88 bits per heavy atom. The maximum Gasteiger partial charge on any atom is 0.161 e. The van der Waals surface area contributed by atoms with Crippen molar-refractivity contribution in [2.24, 2.45) is 5.92 Å². The molecular formula is C21H24ClNO3. The van der Waals surface area contributed by atoms with Crippen LogP contribution in [0.25, 0.3) is 0 Å². The van der Waals surface area contributed by atoms with Crippen LogP contribution < -0.4 is 14.8 Å². The summed E-state index contributed by atoms with van der Waals surface area (Å²) in [5, 5.41) is 4.46. The third-order valence-corrected chi connectivity index (χ3v) is 5.51. The molecule has 1 N–H and O–H groups in total. The summed E-state index contributed by atoms with van der Waals surface area (Å²) < 4.78 is 17.4. The molecule has 2 aromatic carbocycles. The van der Waals surface area contributed by atoms with Gasteiger partial charge < -0.3 is 19.5 Å². The molecule has 4 rings (SSSR count). The molecule has 26 heavy (non-hydrogen) atoms. The van der Waals surface area contributed by atoms with Crippen LogP contribution in [-0.2, 0) is 4.74 Å². The van der Waals surface area contributed by atoms with E-state index in [1.165, 1.54) is 5.56 Å². The summed E-state index contributed by atoms with van der Waals surface area (Å²) >= 11 is 6.24. The summed E-state index contributed by atoms with van der Waals surface area (Å²) in [4.78, 5) is 0. The quantitative estimate of drug-likeness (QED) is 0.780. The molecule has 0 unspecified atom stereocenters. The first-order chi connectivity index (χ1) is 12.7. The number of methoxy groups -OCH3 is 1. The second-order valence-corrected chi connectivity index (χ2v) is 7.23. The fourth-order valence-electron chi connectivity index (χ4n) is 4.13. The van der Waals surface area contributed by atoms with E-state index in [2.05, 4.69) is 17.4 Å². The Bertz CT molecular complexity index is 795. The highest BCUT2D eigenvalue weighted by Gasteiger charge is 2.40. The Kier molecular flexibility index (Phi) is 4.96. The van der Waals surface area contributed by atoms with Crippen LogP contribution in [0.2, 0.25) is 5.02 Å². The van der Waals surface area contributed by atoms with Crippen molar-refractivity contribution < 1.29 is 14.2 Å². The molecule has 4 nitrogen and oxygen atoms in total. The summed E-state index contributed by atoms with van der Waals surface area (Å²) in [6.07, 6.45) is 2.26. The minimum absolute atomic E-state index is 0.0707. The lowest BCUT2D eigenvalue weighted by atomic mass is 9.77. The van der Waals surface area contributed by atoms with Gasteiger partial charge in [-0.1, -0.05) is 17.7 Å². The summed E-state index contributed by atoms with van der Waals surface area (Å²) in [5.74, 6) is 1.90. The van der Waals surface area contributed by atoms with E-state index in [1.54, 1.807) is 7.11 Å². The lowest BCUT2D eigenvalue weighted by Gasteiger charge is -2.43. The Hall–Kier alpha value is -1.91. The smallest absolute Gasteiger partial charge is 0.161 e. The van der Waals surface area contributed by atoms with Gasteiger partial charge >= 0.3 is 0 Å². The van der Waals surface area contributed by atoms with Crippen LogP contribution in [0.15, 0.2) is 36.4 Å². The topological polar surface area (TPSA) is 39.7 Å². The van der Waals surface area contributed by atoms with Gasteiger partial charge in [0.15, 0.2) is 11.5 Å². The minimum atomic E-state index is 0.0707. The van der Waals surface area contributed by atoms with Crippen molar-refractivity contribution in [1.82, 2.24) is 0 Å². The fraction of sp³-hybridized carbons (Fsp3) is 0.429. The summed E-state index contributed by atoms with van der Waals surface area (Å²) in [7, 11) is 1.67. The van der Waals surface area contributed by atoms with Crippen molar-refractivity contribution in [3.8, 4) is 11.5 Å². The van der Waals surface area contributed by atoms with E-state index in [1.807, 2.05) is 31.2 Å². The zero-order valence-electron chi connectivity index (χ0n) is 15.1. The van der Waals surface area contributed by atoms with Gasteiger partial charge in [0.05, 0.1) is 25.9 Å². The SMILES string of the molecule is CCOc1cc([C@@H]2Nc3ccc(Cl)cc3[C@H]3OCCC[C@H]32)ccc1OC. The molecule has 0 bridgehead atoms. The molecule has 0 aromatic heterocycles. The van der Waals surface area contributed by atoms with Crippen LogP contribution >= 0.6 is 11.6 Å². The van der Waals surface area contributed by atoms with E-state index in [0.717, 1.165) is 47.2 Å². The third-order valence-electron chi connectivity index (χ3n) is 5.27. The highest BCUT2D eigenvalue weighted by Crippen LogP contribution is 2.50. The number of hydrogen-bond donors (Lipinski definition) is 1. The molecule has 0 aliphatic carbocycles. The maximum atomic E-state index is 6.24. The van der Waals surface area contributed by atoms with Crippen molar-refractivity contribution in [2.45, 2.75) is 31.9 Å². The second kappa shape index (κ2) is 7.37. The average molecular weight is 374 g/mol. The predicted octanol–water partition coefficient (Wildman–Crippen LogP) is 5.38. The lowest BCUT2D eigenvalue weighted by molar-refractivity contribution is -0.0381. The number of ether oxygens (including phenoxy) is 3. The third kappa shape index (κ3) is 3.12. The van der Waals surface area contributed by atoms with Crippen LogP contribution in [0.4, 0.5) is 5.69 Å². The maximum absolute atomic E-state index is 6.24. The van der Waals surface area contributed by atoms with Crippen LogP contribution in [0.3, 0.4) is 0 Å². The Labute approximate surface area is 159 Å². The van der Waals surface area contributed by atoms with Gasteiger partial charge in [0.25, 0.3) is 0 Å². The van der Waals surface area contributed by atoms with Gasteiger partial charge in [0.2, 0.25) is 0 Å². The average Bonchev–Trinajstić information content (AvgIpc) is 2.68. The number of hydrogen-bond acceptors (Lipinski definition) is 4. The lowest BCUT2D eigenvalue weighted by Crippen LogP contribution is -2.36. The Balaban J connectivity index is 1.74. The van der Waals surface area contributed by atoms with Crippen molar-refractivity contribution in [3.05, 3.63) is 52.5 Å². The van der Waals surface area contributed by atoms with E-state index in [4.69, 9.17) is 25.8 Å². The molecule has 0 amide bonds. The summed E-state index contributed by atoms with van der Waals surface area (Å²) in [6, 6.07) is 12.4. The number of nitrogens with one attached hydrogen (secondary N) is 1. The van der Waals surface area contributed by atoms with E-state index >= 15 is 0 Å². The van der Waals surface area contributed by atoms with Gasteiger partial charge in [0, 0.05) is 28.8 Å². The molecule has 0 spiro atoms. The van der Waals surface area contributed by atoms with Crippen molar-refractivity contribution in [3.63, 3.8) is 0 Å². The summed E-state index contributed by atoms with van der Waals surface area (Å²) in [5.41, 5.74) is 3.45. The van der Waals surface area contributed by atoms with Crippen LogP contribution in [0.5, 0.6) is 11.5 Å². The fourth-order valence-corrected chi connectivity index (χ4v) is 4.31. The molecule has 1 saturated heterocycles. The molecule has 2 aliphatic heterocycles. The first kappa shape index (κ1) is 17.5. The van der Waals surface area contributed by atoms with Crippen molar-refractivity contribution in [1.29, 1.82) is 0 Å². The predicted molar refractivity (Wildman–Crippen MR) is 103 cm³/mol. The van der Waals surface area contributed by atoms with E-state index in [0.29, 0.717) is 12.5 Å². The molecule has 3 atom stereocenters. The normalized spacial score (nSPS) is 24.2. The van der Waals surface area contributed by atoms with Crippen molar-refractivity contribution >= 4 is 17.3 Å². The van der Waals surface area contributed by atoms with Crippen LogP contribution in [0.1, 0.15) is 43.0 Å². The van der Waals surface area contributed by atoms with E-state index in [-0.39, 0.29) is 12.1 Å². The number of benzene rings is 2. The standard InChI is InChI=1S/C21H24ClNO3/c1-3-25-19-11-13(6-9-18(19)24-2)20-15-5-4-10-26-21(15)16-12-14(22)7-8-17(16)23-20/h6-9,11-12,15,20-21,23H,3-5,10H2,1-2H3/t15-,20-,21-/m0/s1. The van der Waals surface area contributed by atoms with E-state index < -0.39 is 0 Å². The zero-order valence-corrected chi connectivity index (χ0v) is 15.9. The van der Waals surface area contributed by atoms with Crippen LogP contribution in [-0.4, -0.2) is 20.3 Å². The number of anilines is 1. The monoisotopic (exact) mass is 373 g/mol. The highest BCUT2D eigenvalue weighted by atomic mass is 35.5. The molecule has 2 heterocycles. The van der Waals surface area contributed by atoms with Gasteiger partial charge in [-0.2, -0.15) is 0 Å². The second-order valence-electron chi connectivity index (χ2n) is 6.79. The molecule has 0 radical (unpaired) electrons. The first-order valence-corrected chi connectivity index (χ1v) is 9.57. The molecular weight excluding hydrogens is 350 g/mol. The van der Waals surface area contributed by atoms with Gasteiger partial charge in [-0.25, -0.2) is 0 Å². The van der Waals surface area contributed by atoms with Gasteiger partial charge in [0.1, 0.15) is 0 Å². The Morgan fingerprint density at radius 1 is 1.19 bits per heavy atom. The molecule has 0 saturated carbocycles. The van der Waals surface area contributed by atoms with Crippen molar-refractivity contribution in [2.75, 3.05) is 25.6 Å². The van der Waals surface area contributed by atoms with Gasteiger partial charge in [-0.15, -0.1) is 0 Å². The van der Waals surface area contributed by atoms with Gasteiger partial charge in [-0.05, 0) is 55.7 Å². The van der Waals surface area contributed by atoms with E-state index in [9.17, 15) is 0 Å². The zero-order chi connectivity index (χ0) is 18.1. The molecule has 138 valence electrons. The first-order valence-electron chi connectivity index (χ1n) is 9.19. The molecule has 2 aromatic rings. The van der Waals surface area contributed by atoms with Gasteiger partial charge in [-0.3, -0.25) is 0 Å². The number of fused-ring (bicyclic) bond motifs is 3. The Morgan fingerprint density at radius 2 is 2.08 bits per heavy atom. The highest BCUT2D eigenvalue weighted by molar-refractivity contribution is 6.30.